The van der Waals surface area contributed by atoms with E-state index in [0.29, 0.717) is 11.7 Å². The topological polar surface area (TPSA) is 36.1 Å². The molecule has 21 heavy (non-hydrogen) atoms. The Kier molecular flexibility index (Phi) is 5.35. The Morgan fingerprint density at radius 3 is 2.38 bits per heavy atom. The Bertz CT molecular complexity index is 623. The molecule has 0 radical (unpaired) electrons. The maximum Gasteiger partial charge on any atom is 0.171 e. The minimum atomic E-state index is 0.592. The summed E-state index contributed by atoms with van der Waals surface area (Å²) in [7, 11) is 0. The van der Waals surface area contributed by atoms with Crippen LogP contribution in [0.15, 0.2) is 66.7 Å². The molecule has 0 saturated carbocycles. The highest BCUT2D eigenvalue weighted by atomic mass is 32.1. The number of hydrogen-bond acceptors (Lipinski definition) is 2. The largest absolute Gasteiger partial charge is 0.359 e. The fourth-order valence-corrected chi connectivity index (χ4v) is 1.96. The van der Waals surface area contributed by atoms with Crippen molar-refractivity contribution in [3.63, 3.8) is 0 Å². The first-order valence-electron chi connectivity index (χ1n) is 6.75. The number of anilines is 3. The van der Waals surface area contributed by atoms with Crippen LogP contribution in [0.5, 0.6) is 0 Å². The van der Waals surface area contributed by atoms with E-state index in [0.717, 1.165) is 22.6 Å². The molecule has 0 bridgehead atoms. The van der Waals surface area contributed by atoms with Crippen LogP contribution in [0, 0.1) is 0 Å². The maximum atomic E-state index is 5.24. The van der Waals surface area contributed by atoms with Gasteiger partial charge in [0.05, 0.1) is 0 Å². The van der Waals surface area contributed by atoms with E-state index < -0.39 is 0 Å². The standard InChI is InChI=1S/C17H19N3S/c1-13(2)12-18-17(21)20-16-10-6-9-15(11-16)19-14-7-4-3-5-8-14/h3-11,19H,1,12H2,2H3,(H2,18,20,21). The number of thiocarbonyl (C=S) groups is 1. The van der Waals surface area contributed by atoms with E-state index in [1.165, 1.54) is 0 Å². The molecule has 0 aliphatic carbocycles. The van der Waals surface area contributed by atoms with Crippen LogP contribution in [0.4, 0.5) is 17.1 Å². The smallest absolute Gasteiger partial charge is 0.171 e. The van der Waals surface area contributed by atoms with Crippen molar-refractivity contribution in [1.29, 1.82) is 0 Å². The first-order valence-corrected chi connectivity index (χ1v) is 7.16. The second kappa shape index (κ2) is 7.45. The van der Waals surface area contributed by atoms with Crippen molar-refractivity contribution in [3.8, 4) is 0 Å². The van der Waals surface area contributed by atoms with Gasteiger partial charge in [-0.2, -0.15) is 0 Å². The Labute approximate surface area is 131 Å². The minimum absolute atomic E-state index is 0.592. The van der Waals surface area contributed by atoms with Crippen LogP contribution in [-0.2, 0) is 0 Å². The summed E-state index contributed by atoms with van der Waals surface area (Å²) in [5.41, 5.74) is 4.04. The normalized spacial score (nSPS) is 9.76. The van der Waals surface area contributed by atoms with Gasteiger partial charge in [-0.25, -0.2) is 0 Å². The molecule has 0 saturated heterocycles. The summed E-state index contributed by atoms with van der Waals surface area (Å²) in [6, 6.07) is 18.0. The maximum absolute atomic E-state index is 5.24. The number of hydrogen-bond donors (Lipinski definition) is 3. The molecule has 0 aromatic heterocycles. The molecule has 108 valence electrons. The molecule has 3 N–H and O–H groups in total. The van der Waals surface area contributed by atoms with E-state index in [1.54, 1.807) is 0 Å². The molecular formula is C17H19N3S. The van der Waals surface area contributed by atoms with Crippen LogP contribution in [-0.4, -0.2) is 11.7 Å². The second-order valence-corrected chi connectivity index (χ2v) is 5.24. The quantitative estimate of drug-likeness (QED) is 0.568. The Morgan fingerprint density at radius 1 is 1.00 bits per heavy atom. The Morgan fingerprint density at radius 2 is 1.67 bits per heavy atom. The molecule has 4 heteroatoms. The Balaban J connectivity index is 1.97. The highest BCUT2D eigenvalue weighted by Gasteiger charge is 1.99. The summed E-state index contributed by atoms with van der Waals surface area (Å²) in [5, 5.41) is 10.2. The zero-order chi connectivity index (χ0) is 15.1. The van der Waals surface area contributed by atoms with Crippen LogP contribution in [0.3, 0.4) is 0 Å². The third-order valence-electron chi connectivity index (χ3n) is 2.73. The molecule has 3 nitrogen and oxygen atoms in total. The summed E-state index contributed by atoms with van der Waals surface area (Å²) < 4.78 is 0. The van der Waals surface area contributed by atoms with E-state index in [-0.39, 0.29) is 0 Å². The molecular weight excluding hydrogens is 278 g/mol. The number of para-hydroxylation sites is 1. The number of nitrogens with one attached hydrogen (secondary N) is 3. The van der Waals surface area contributed by atoms with Crippen molar-refractivity contribution in [2.75, 3.05) is 17.2 Å². The summed E-state index contributed by atoms with van der Waals surface area (Å²) in [6.07, 6.45) is 0. The number of benzene rings is 2. The molecule has 0 aliphatic heterocycles. The molecule has 0 amide bonds. The van der Waals surface area contributed by atoms with Gasteiger partial charge in [-0.05, 0) is 49.5 Å². The molecule has 0 fully saturated rings. The van der Waals surface area contributed by atoms with Crippen LogP contribution < -0.4 is 16.0 Å². The van der Waals surface area contributed by atoms with Crippen LogP contribution in [0.2, 0.25) is 0 Å². The molecule has 2 rings (SSSR count). The fourth-order valence-electron chi connectivity index (χ4n) is 1.77. The average Bonchev–Trinajstić information content (AvgIpc) is 2.46. The van der Waals surface area contributed by atoms with Gasteiger partial charge in [0.25, 0.3) is 0 Å². The molecule has 0 heterocycles. The van der Waals surface area contributed by atoms with Gasteiger partial charge < -0.3 is 16.0 Å². The van der Waals surface area contributed by atoms with Gasteiger partial charge >= 0.3 is 0 Å². The van der Waals surface area contributed by atoms with Gasteiger partial charge in [-0.3, -0.25) is 0 Å². The van der Waals surface area contributed by atoms with E-state index in [2.05, 4.69) is 22.5 Å². The third-order valence-corrected chi connectivity index (χ3v) is 2.98. The van der Waals surface area contributed by atoms with Gasteiger partial charge in [0, 0.05) is 23.6 Å². The first-order chi connectivity index (χ1) is 10.1. The van der Waals surface area contributed by atoms with Crippen LogP contribution >= 0.6 is 12.2 Å². The van der Waals surface area contributed by atoms with Crippen molar-refractivity contribution in [1.82, 2.24) is 5.32 Å². The molecule has 0 spiro atoms. The highest BCUT2D eigenvalue weighted by Crippen LogP contribution is 2.19. The monoisotopic (exact) mass is 297 g/mol. The van der Waals surface area contributed by atoms with E-state index >= 15 is 0 Å². The summed E-state index contributed by atoms with van der Waals surface area (Å²) in [5.74, 6) is 0. The lowest BCUT2D eigenvalue weighted by atomic mass is 10.2. The van der Waals surface area contributed by atoms with E-state index in [9.17, 15) is 0 Å². The summed E-state index contributed by atoms with van der Waals surface area (Å²) in [4.78, 5) is 0. The minimum Gasteiger partial charge on any atom is -0.359 e. The zero-order valence-corrected chi connectivity index (χ0v) is 12.8. The van der Waals surface area contributed by atoms with Crippen LogP contribution in [0.25, 0.3) is 0 Å². The van der Waals surface area contributed by atoms with Crippen molar-refractivity contribution < 1.29 is 0 Å². The third kappa shape index (κ3) is 5.28. The van der Waals surface area contributed by atoms with E-state index in [1.807, 2.05) is 61.5 Å². The lowest BCUT2D eigenvalue weighted by molar-refractivity contribution is 1.000. The molecule has 0 aliphatic rings. The molecule has 0 atom stereocenters. The van der Waals surface area contributed by atoms with Gasteiger partial charge in [-0.15, -0.1) is 0 Å². The van der Waals surface area contributed by atoms with Crippen molar-refractivity contribution >= 4 is 34.4 Å². The predicted molar refractivity (Wildman–Crippen MR) is 95.2 cm³/mol. The highest BCUT2D eigenvalue weighted by molar-refractivity contribution is 7.80. The Hall–Kier alpha value is -2.33. The van der Waals surface area contributed by atoms with Crippen molar-refractivity contribution in [2.45, 2.75) is 6.92 Å². The van der Waals surface area contributed by atoms with E-state index in [4.69, 9.17) is 12.2 Å². The second-order valence-electron chi connectivity index (χ2n) is 4.84. The van der Waals surface area contributed by atoms with Gasteiger partial charge in [0.1, 0.15) is 0 Å². The zero-order valence-electron chi connectivity index (χ0n) is 12.0. The molecule has 0 unspecified atom stereocenters. The summed E-state index contributed by atoms with van der Waals surface area (Å²) >= 11 is 5.24. The fraction of sp³-hybridized carbons (Fsp3) is 0.118. The van der Waals surface area contributed by atoms with Gasteiger partial charge in [0.2, 0.25) is 0 Å². The SMILES string of the molecule is C=C(C)CNC(=S)Nc1cccc(Nc2ccccc2)c1. The number of rotatable bonds is 5. The predicted octanol–water partition coefficient (Wildman–Crippen LogP) is 4.29. The molecule has 2 aromatic rings. The average molecular weight is 297 g/mol. The lowest BCUT2D eigenvalue weighted by Gasteiger charge is -2.12. The van der Waals surface area contributed by atoms with Gasteiger partial charge in [0.15, 0.2) is 5.11 Å². The lowest BCUT2D eigenvalue weighted by Crippen LogP contribution is -2.29. The first kappa shape index (κ1) is 15.1. The van der Waals surface area contributed by atoms with Crippen LogP contribution in [0.1, 0.15) is 6.92 Å². The summed E-state index contributed by atoms with van der Waals surface area (Å²) in [6.45, 7) is 6.47. The van der Waals surface area contributed by atoms with Gasteiger partial charge in [-0.1, -0.05) is 36.4 Å². The molecule has 2 aromatic carbocycles. The van der Waals surface area contributed by atoms with Crippen molar-refractivity contribution in [3.05, 3.63) is 66.7 Å². The van der Waals surface area contributed by atoms with Crippen molar-refractivity contribution in [2.24, 2.45) is 0 Å².